The largest absolute Gasteiger partial charge is 0.298 e. The van der Waals surface area contributed by atoms with E-state index in [2.05, 4.69) is 84.8 Å². The molecule has 0 radical (unpaired) electrons. The van der Waals surface area contributed by atoms with Crippen molar-refractivity contribution in [2.75, 3.05) is 13.6 Å². The molecular formula is C21H23N. The van der Waals surface area contributed by atoms with Gasteiger partial charge in [-0.25, -0.2) is 0 Å². The van der Waals surface area contributed by atoms with Crippen LogP contribution >= 0.6 is 0 Å². The van der Waals surface area contributed by atoms with Crippen LogP contribution in [0.2, 0.25) is 0 Å². The van der Waals surface area contributed by atoms with Crippen LogP contribution in [-0.2, 0) is 6.54 Å². The lowest BCUT2D eigenvalue weighted by Gasteiger charge is -2.16. The molecule has 1 heteroatoms. The molecule has 1 aliphatic carbocycles. The zero-order valence-corrected chi connectivity index (χ0v) is 13.2. The number of hydrogen-bond acceptors (Lipinski definition) is 1. The van der Waals surface area contributed by atoms with Crippen LogP contribution < -0.4 is 0 Å². The summed E-state index contributed by atoms with van der Waals surface area (Å²) in [5, 5.41) is 2.68. The highest BCUT2D eigenvalue weighted by Gasteiger charge is 2.03. The van der Waals surface area contributed by atoms with Gasteiger partial charge in [-0.1, -0.05) is 72.8 Å². The molecule has 0 saturated carbocycles. The molecule has 2 aromatic rings. The molecule has 1 aliphatic rings. The molecule has 0 bridgehead atoms. The Labute approximate surface area is 133 Å². The van der Waals surface area contributed by atoms with Crippen molar-refractivity contribution in [1.29, 1.82) is 0 Å². The van der Waals surface area contributed by atoms with E-state index in [1.165, 1.54) is 34.8 Å². The predicted molar refractivity (Wildman–Crippen MR) is 95.9 cm³/mol. The van der Waals surface area contributed by atoms with E-state index in [0.29, 0.717) is 0 Å². The molecule has 0 N–H and O–H groups in total. The fraction of sp³-hybridized carbons (Fsp3) is 0.238. The Bertz CT molecular complexity index is 716. The number of likely N-dealkylation sites (N-methyl/N-ethyl adjacent to an activating group) is 1. The molecule has 3 rings (SSSR count). The van der Waals surface area contributed by atoms with Gasteiger partial charge in [0.15, 0.2) is 0 Å². The summed E-state index contributed by atoms with van der Waals surface area (Å²) < 4.78 is 0. The summed E-state index contributed by atoms with van der Waals surface area (Å²) in [6, 6.07) is 15.2. The van der Waals surface area contributed by atoms with E-state index in [4.69, 9.17) is 0 Å². The van der Waals surface area contributed by atoms with E-state index in [1.54, 1.807) is 0 Å². The van der Waals surface area contributed by atoms with Crippen LogP contribution in [-0.4, -0.2) is 18.5 Å². The summed E-state index contributed by atoms with van der Waals surface area (Å²) in [5.74, 6) is 0. The molecule has 112 valence electrons. The molecule has 0 amide bonds. The maximum absolute atomic E-state index is 2.35. The van der Waals surface area contributed by atoms with Gasteiger partial charge in [0.05, 0.1) is 0 Å². The molecule has 2 aromatic carbocycles. The Hall–Kier alpha value is -2.12. The predicted octanol–water partition coefficient (Wildman–Crippen LogP) is 5.10. The molecule has 22 heavy (non-hydrogen) atoms. The molecular weight excluding hydrogens is 266 g/mol. The van der Waals surface area contributed by atoms with Gasteiger partial charge in [0.25, 0.3) is 0 Å². The number of benzene rings is 2. The molecule has 0 aliphatic heterocycles. The minimum absolute atomic E-state index is 0.967. The van der Waals surface area contributed by atoms with Gasteiger partial charge in [-0.2, -0.15) is 0 Å². The number of rotatable bonds is 5. The summed E-state index contributed by atoms with van der Waals surface area (Å²) in [6.07, 6.45) is 13.6. The number of fused-ring (bicyclic) bond motifs is 1. The molecule has 0 aromatic heterocycles. The summed E-state index contributed by atoms with van der Waals surface area (Å²) in [6.45, 7) is 1.94. The second-order valence-electron chi connectivity index (χ2n) is 5.92. The van der Waals surface area contributed by atoms with E-state index in [-0.39, 0.29) is 0 Å². The monoisotopic (exact) mass is 289 g/mol. The van der Waals surface area contributed by atoms with E-state index in [9.17, 15) is 0 Å². The fourth-order valence-corrected chi connectivity index (χ4v) is 2.91. The van der Waals surface area contributed by atoms with Gasteiger partial charge in [0.2, 0.25) is 0 Å². The zero-order valence-electron chi connectivity index (χ0n) is 13.2. The molecule has 1 nitrogen and oxygen atoms in total. The molecule has 0 atom stereocenters. The van der Waals surface area contributed by atoms with E-state index in [0.717, 1.165) is 13.1 Å². The highest BCUT2D eigenvalue weighted by Crippen LogP contribution is 2.19. The summed E-state index contributed by atoms with van der Waals surface area (Å²) in [4.78, 5) is 2.35. The van der Waals surface area contributed by atoms with Gasteiger partial charge in [0.1, 0.15) is 0 Å². The number of allylic oxidation sites excluding steroid dienone is 5. The third kappa shape index (κ3) is 3.75. The topological polar surface area (TPSA) is 3.24 Å². The normalized spacial score (nSPS) is 14.9. The average molecular weight is 289 g/mol. The molecule has 0 spiro atoms. The van der Waals surface area contributed by atoms with Crippen molar-refractivity contribution in [3.8, 4) is 0 Å². The van der Waals surface area contributed by atoms with Gasteiger partial charge < -0.3 is 0 Å². The van der Waals surface area contributed by atoms with Crippen LogP contribution in [0.25, 0.3) is 10.8 Å². The third-order valence-electron chi connectivity index (χ3n) is 4.07. The zero-order chi connectivity index (χ0) is 15.2. The van der Waals surface area contributed by atoms with Crippen LogP contribution in [0, 0.1) is 0 Å². The Morgan fingerprint density at radius 1 is 1.05 bits per heavy atom. The van der Waals surface area contributed by atoms with Crippen molar-refractivity contribution >= 4 is 10.8 Å². The second kappa shape index (κ2) is 7.24. The van der Waals surface area contributed by atoms with Crippen molar-refractivity contribution < 1.29 is 0 Å². The number of hydrogen-bond donors (Lipinski definition) is 0. The Morgan fingerprint density at radius 3 is 2.77 bits per heavy atom. The van der Waals surface area contributed by atoms with Gasteiger partial charge in [-0.3, -0.25) is 4.90 Å². The standard InChI is InChI=1S/C21H23N/c1-22(16-8-11-18-9-3-2-4-10-18)17-20-14-7-13-19-12-5-6-15-21(19)20/h3,5-15H,2,4,16-17H2,1H3/b11-8+. The Kier molecular flexibility index (Phi) is 4.87. The van der Waals surface area contributed by atoms with Crippen LogP contribution in [0.4, 0.5) is 0 Å². The third-order valence-corrected chi connectivity index (χ3v) is 4.07. The molecule has 0 unspecified atom stereocenters. The minimum atomic E-state index is 0.967. The Morgan fingerprint density at radius 2 is 1.91 bits per heavy atom. The smallest absolute Gasteiger partial charge is 0.0240 e. The lowest BCUT2D eigenvalue weighted by Crippen LogP contribution is -2.17. The fourth-order valence-electron chi connectivity index (χ4n) is 2.91. The first-order valence-electron chi connectivity index (χ1n) is 8.01. The first-order valence-corrected chi connectivity index (χ1v) is 8.01. The lowest BCUT2D eigenvalue weighted by atomic mass is 10.0. The van der Waals surface area contributed by atoms with E-state index >= 15 is 0 Å². The summed E-state index contributed by atoms with van der Waals surface area (Å²) >= 11 is 0. The van der Waals surface area contributed by atoms with Crippen LogP contribution in [0.3, 0.4) is 0 Å². The maximum atomic E-state index is 2.35. The SMILES string of the molecule is CN(C/C=C/C1=CCCC=C1)Cc1cccc2ccccc12. The van der Waals surface area contributed by atoms with Crippen molar-refractivity contribution in [3.63, 3.8) is 0 Å². The quantitative estimate of drug-likeness (QED) is 0.740. The average Bonchev–Trinajstić information content (AvgIpc) is 2.56. The summed E-state index contributed by atoms with van der Waals surface area (Å²) in [5.41, 5.74) is 2.73. The van der Waals surface area contributed by atoms with Crippen LogP contribution in [0.1, 0.15) is 18.4 Å². The highest BCUT2D eigenvalue weighted by molar-refractivity contribution is 5.85. The van der Waals surface area contributed by atoms with E-state index in [1.807, 2.05) is 0 Å². The first kappa shape index (κ1) is 14.8. The highest BCUT2D eigenvalue weighted by atomic mass is 15.1. The van der Waals surface area contributed by atoms with Crippen LogP contribution in [0.5, 0.6) is 0 Å². The van der Waals surface area contributed by atoms with E-state index < -0.39 is 0 Å². The van der Waals surface area contributed by atoms with Crippen molar-refractivity contribution in [3.05, 3.63) is 84.0 Å². The van der Waals surface area contributed by atoms with Crippen LogP contribution in [0.15, 0.2) is 78.4 Å². The first-order chi connectivity index (χ1) is 10.8. The Balaban J connectivity index is 1.63. The lowest BCUT2D eigenvalue weighted by molar-refractivity contribution is 0.365. The maximum Gasteiger partial charge on any atom is 0.0240 e. The van der Waals surface area contributed by atoms with Crippen molar-refractivity contribution in [2.45, 2.75) is 19.4 Å². The minimum Gasteiger partial charge on any atom is -0.298 e. The van der Waals surface area contributed by atoms with Gasteiger partial charge in [-0.15, -0.1) is 0 Å². The number of nitrogens with zero attached hydrogens (tertiary/aromatic N) is 1. The molecule has 0 heterocycles. The molecule has 0 saturated heterocycles. The van der Waals surface area contributed by atoms with Crippen molar-refractivity contribution in [1.82, 2.24) is 4.90 Å². The van der Waals surface area contributed by atoms with Gasteiger partial charge in [0, 0.05) is 13.1 Å². The van der Waals surface area contributed by atoms with Crippen molar-refractivity contribution in [2.24, 2.45) is 0 Å². The summed E-state index contributed by atoms with van der Waals surface area (Å²) in [7, 11) is 2.18. The molecule has 0 fully saturated rings. The van der Waals surface area contributed by atoms with Gasteiger partial charge in [-0.05, 0) is 41.8 Å². The second-order valence-corrected chi connectivity index (χ2v) is 5.92. The van der Waals surface area contributed by atoms with Gasteiger partial charge >= 0.3 is 0 Å².